The fourth-order valence-corrected chi connectivity index (χ4v) is 1.83. The highest BCUT2D eigenvalue weighted by Gasteiger charge is 2.15. The third kappa shape index (κ3) is 4.48. The Labute approximate surface area is 134 Å². The molecule has 0 atom stereocenters. The van der Waals surface area contributed by atoms with Crippen molar-refractivity contribution in [3.05, 3.63) is 39.0 Å². The maximum absolute atomic E-state index is 11.6. The lowest BCUT2D eigenvalue weighted by Gasteiger charge is -2.11. The average molecular weight is 374 g/mol. The van der Waals surface area contributed by atoms with E-state index in [2.05, 4.69) is 30.7 Å². The zero-order chi connectivity index (χ0) is 16.0. The first-order valence-electron chi connectivity index (χ1n) is 5.47. The number of carbonyl (C=O) groups excluding carboxylic acids is 2. The lowest BCUT2D eigenvalue weighted by Crippen LogP contribution is -2.16. The van der Waals surface area contributed by atoms with Crippen molar-refractivity contribution >= 4 is 45.2 Å². The van der Waals surface area contributed by atoms with E-state index in [9.17, 15) is 9.59 Å². The third-order valence-corrected chi connectivity index (χ3v) is 3.52. The van der Waals surface area contributed by atoms with Crippen molar-refractivity contribution in [2.45, 2.75) is 0 Å². The Bertz CT molecular complexity index is 652. The SMILES string of the molecule is COC(=O)/C=C(/Nc1cc(Cl)c(Br)cc1C#N)C(=O)OC. The van der Waals surface area contributed by atoms with E-state index in [0.717, 1.165) is 13.2 Å². The van der Waals surface area contributed by atoms with Gasteiger partial charge in [0.15, 0.2) is 0 Å². The van der Waals surface area contributed by atoms with E-state index in [1.54, 1.807) is 0 Å². The van der Waals surface area contributed by atoms with Gasteiger partial charge in [0.1, 0.15) is 11.8 Å². The van der Waals surface area contributed by atoms with Gasteiger partial charge in [0.25, 0.3) is 0 Å². The van der Waals surface area contributed by atoms with Gasteiger partial charge in [-0.3, -0.25) is 0 Å². The molecule has 0 bridgehead atoms. The van der Waals surface area contributed by atoms with Crippen LogP contribution in [0.25, 0.3) is 0 Å². The predicted molar refractivity (Wildman–Crippen MR) is 79.6 cm³/mol. The van der Waals surface area contributed by atoms with Gasteiger partial charge in [-0.25, -0.2) is 9.59 Å². The molecule has 0 spiro atoms. The van der Waals surface area contributed by atoms with Crippen molar-refractivity contribution in [1.29, 1.82) is 5.26 Å². The maximum atomic E-state index is 11.6. The lowest BCUT2D eigenvalue weighted by atomic mass is 10.2. The number of carbonyl (C=O) groups is 2. The van der Waals surface area contributed by atoms with Crippen molar-refractivity contribution in [2.24, 2.45) is 0 Å². The molecule has 0 fully saturated rings. The molecule has 0 heterocycles. The monoisotopic (exact) mass is 372 g/mol. The second kappa shape index (κ2) is 7.67. The number of nitriles is 1. The van der Waals surface area contributed by atoms with Gasteiger partial charge >= 0.3 is 11.9 Å². The van der Waals surface area contributed by atoms with Crippen molar-refractivity contribution in [3.8, 4) is 6.07 Å². The summed E-state index contributed by atoms with van der Waals surface area (Å²) >= 11 is 9.14. The number of rotatable bonds is 4. The summed E-state index contributed by atoms with van der Waals surface area (Å²) in [6.07, 6.45) is 0.920. The van der Waals surface area contributed by atoms with Crippen LogP contribution in [0.4, 0.5) is 5.69 Å². The molecular formula is C13H10BrClN2O4. The second-order valence-electron chi connectivity index (χ2n) is 3.62. The molecule has 21 heavy (non-hydrogen) atoms. The molecule has 0 aliphatic heterocycles. The van der Waals surface area contributed by atoms with E-state index in [1.807, 2.05) is 6.07 Å². The summed E-state index contributed by atoms with van der Waals surface area (Å²) in [6, 6.07) is 4.87. The molecule has 0 radical (unpaired) electrons. The first-order chi connectivity index (χ1) is 9.92. The molecule has 0 aliphatic carbocycles. The smallest absolute Gasteiger partial charge is 0.354 e. The Morgan fingerprint density at radius 1 is 1.38 bits per heavy atom. The molecule has 1 aromatic carbocycles. The first kappa shape index (κ1) is 17.0. The van der Waals surface area contributed by atoms with Gasteiger partial charge < -0.3 is 14.8 Å². The van der Waals surface area contributed by atoms with Crippen LogP contribution < -0.4 is 5.32 Å². The Morgan fingerprint density at radius 3 is 2.57 bits per heavy atom. The molecule has 1 aromatic rings. The van der Waals surface area contributed by atoms with Gasteiger partial charge in [0.2, 0.25) is 0 Å². The summed E-state index contributed by atoms with van der Waals surface area (Å²) < 4.78 is 9.54. The maximum Gasteiger partial charge on any atom is 0.354 e. The van der Waals surface area contributed by atoms with E-state index < -0.39 is 11.9 Å². The van der Waals surface area contributed by atoms with Crippen molar-refractivity contribution in [1.82, 2.24) is 0 Å². The third-order valence-electron chi connectivity index (χ3n) is 2.32. The van der Waals surface area contributed by atoms with E-state index in [1.165, 1.54) is 19.2 Å². The first-order valence-corrected chi connectivity index (χ1v) is 6.64. The minimum Gasteiger partial charge on any atom is -0.466 e. The van der Waals surface area contributed by atoms with Gasteiger partial charge in [-0.05, 0) is 28.1 Å². The van der Waals surface area contributed by atoms with E-state index >= 15 is 0 Å². The summed E-state index contributed by atoms with van der Waals surface area (Å²) in [7, 11) is 2.33. The lowest BCUT2D eigenvalue weighted by molar-refractivity contribution is -0.138. The highest BCUT2D eigenvalue weighted by atomic mass is 79.9. The molecule has 0 saturated carbocycles. The minimum atomic E-state index is -0.789. The van der Waals surface area contributed by atoms with Crippen LogP contribution in [0, 0.1) is 11.3 Å². The van der Waals surface area contributed by atoms with E-state index in [-0.39, 0.29) is 16.9 Å². The van der Waals surface area contributed by atoms with E-state index in [0.29, 0.717) is 9.50 Å². The fraction of sp³-hybridized carbons (Fsp3) is 0.154. The molecule has 6 nitrogen and oxygen atoms in total. The Kier molecular flexibility index (Phi) is 6.21. The number of hydrogen-bond donors (Lipinski definition) is 1. The summed E-state index contributed by atoms with van der Waals surface area (Å²) in [5, 5.41) is 12.1. The number of halogens is 2. The van der Waals surface area contributed by atoms with Crippen LogP contribution in [0.1, 0.15) is 5.56 Å². The van der Waals surface area contributed by atoms with Crippen LogP contribution in [0.2, 0.25) is 5.02 Å². The van der Waals surface area contributed by atoms with Gasteiger partial charge in [-0.1, -0.05) is 11.6 Å². The predicted octanol–water partition coefficient (Wildman–Crippen LogP) is 2.62. The number of benzene rings is 1. The van der Waals surface area contributed by atoms with Gasteiger partial charge in [0, 0.05) is 4.47 Å². The van der Waals surface area contributed by atoms with E-state index in [4.69, 9.17) is 16.9 Å². The molecular weight excluding hydrogens is 364 g/mol. The summed E-state index contributed by atoms with van der Waals surface area (Å²) in [4.78, 5) is 22.9. The number of hydrogen-bond acceptors (Lipinski definition) is 6. The van der Waals surface area contributed by atoms with Crippen LogP contribution >= 0.6 is 27.5 Å². The van der Waals surface area contributed by atoms with Gasteiger partial charge in [-0.2, -0.15) is 5.26 Å². The van der Waals surface area contributed by atoms with Crippen LogP contribution in [0.15, 0.2) is 28.4 Å². The zero-order valence-electron chi connectivity index (χ0n) is 11.1. The Balaban J connectivity index is 3.24. The molecule has 0 aliphatic rings. The summed E-state index contributed by atoms with van der Waals surface area (Å²) in [5.41, 5.74) is 0.302. The standard InChI is InChI=1S/C13H10BrClN2O4/c1-20-12(18)5-11(13(19)21-2)17-10-4-9(15)8(14)3-7(10)6-16/h3-5,17H,1-2H3/b11-5+. The van der Waals surface area contributed by atoms with Crippen LogP contribution in [0.5, 0.6) is 0 Å². The molecule has 1 N–H and O–H groups in total. The molecule has 110 valence electrons. The number of esters is 2. The number of methoxy groups -OCH3 is 2. The number of anilines is 1. The largest absolute Gasteiger partial charge is 0.466 e. The van der Waals surface area contributed by atoms with Crippen LogP contribution in [-0.2, 0) is 19.1 Å². The van der Waals surface area contributed by atoms with Crippen molar-refractivity contribution in [2.75, 3.05) is 19.5 Å². The Morgan fingerprint density at radius 2 is 2.05 bits per heavy atom. The number of nitrogens with zero attached hydrogens (tertiary/aromatic N) is 1. The molecule has 8 heteroatoms. The van der Waals surface area contributed by atoms with Crippen LogP contribution in [0.3, 0.4) is 0 Å². The number of ether oxygens (including phenoxy) is 2. The quantitative estimate of drug-likeness (QED) is 0.645. The molecule has 0 amide bonds. The normalized spacial score (nSPS) is 10.5. The zero-order valence-corrected chi connectivity index (χ0v) is 13.4. The van der Waals surface area contributed by atoms with Gasteiger partial charge in [-0.15, -0.1) is 0 Å². The topological polar surface area (TPSA) is 88.4 Å². The second-order valence-corrected chi connectivity index (χ2v) is 4.88. The Hall–Kier alpha value is -2.04. The molecule has 1 rings (SSSR count). The molecule has 0 unspecified atom stereocenters. The number of nitrogens with one attached hydrogen (secondary N) is 1. The summed E-state index contributed by atoms with van der Waals surface area (Å²) in [6.45, 7) is 0. The summed E-state index contributed by atoms with van der Waals surface area (Å²) in [5.74, 6) is -1.53. The van der Waals surface area contributed by atoms with Gasteiger partial charge in [0.05, 0.1) is 36.6 Å². The fourth-order valence-electron chi connectivity index (χ4n) is 1.32. The molecule has 0 aromatic heterocycles. The highest BCUT2D eigenvalue weighted by Crippen LogP contribution is 2.29. The van der Waals surface area contributed by atoms with Crippen LogP contribution in [-0.4, -0.2) is 26.2 Å². The highest BCUT2D eigenvalue weighted by molar-refractivity contribution is 9.10. The minimum absolute atomic E-state index is 0.181. The van der Waals surface area contributed by atoms with Crippen molar-refractivity contribution in [3.63, 3.8) is 0 Å². The molecule has 0 saturated heterocycles. The average Bonchev–Trinajstić information content (AvgIpc) is 2.48. The van der Waals surface area contributed by atoms with Crippen molar-refractivity contribution < 1.29 is 19.1 Å².